The second-order valence-corrected chi connectivity index (χ2v) is 5.47. The number of carbonyl (C=O) groups is 1. The lowest BCUT2D eigenvalue weighted by atomic mass is 10.1. The molecule has 0 spiro atoms. The van der Waals surface area contributed by atoms with Gasteiger partial charge in [-0.2, -0.15) is 0 Å². The molecule has 0 atom stereocenters. The fourth-order valence-corrected chi connectivity index (χ4v) is 2.66. The van der Waals surface area contributed by atoms with Crippen LogP contribution in [0.5, 0.6) is 11.5 Å². The number of methoxy groups -OCH3 is 2. The lowest BCUT2D eigenvalue weighted by Crippen LogP contribution is -2.25. The Labute approximate surface area is 140 Å². The molecule has 1 aromatic heterocycles. The standard InChI is InChI=1S/C19H20N2O3/c1-23-14-5-3-4-13(10-14)8-9-20-19(22)17-12-21-18-7-6-15(24-2)11-16(17)18/h3-7,10-12,21H,8-9H2,1-2H3,(H,20,22). The fraction of sp³-hybridized carbons (Fsp3) is 0.211. The maximum atomic E-state index is 12.4. The zero-order chi connectivity index (χ0) is 16.9. The van der Waals surface area contributed by atoms with Crippen LogP contribution in [0.15, 0.2) is 48.7 Å². The Morgan fingerprint density at radius 1 is 1.08 bits per heavy atom. The number of rotatable bonds is 6. The van der Waals surface area contributed by atoms with Crippen molar-refractivity contribution in [1.82, 2.24) is 10.3 Å². The average Bonchev–Trinajstić information content (AvgIpc) is 3.05. The average molecular weight is 324 g/mol. The molecule has 0 aliphatic carbocycles. The van der Waals surface area contributed by atoms with Gasteiger partial charge in [0.2, 0.25) is 0 Å². The molecular weight excluding hydrogens is 304 g/mol. The SMILES string of the molecule is COc1cccc(CCNC(=O)c2c[nH]c3ccc(OC)cc23)c1. The summed E-state index contributed by atoms with van der Waals surface area (Å²) in [6.45, 7) is 0.558. The molecule has 0 saturated carbocycles. The van der Waals surface area contributed by atoms with Crippen molar-refractivity contribution in [1.29, 1.82) is 0 Å². The predicted octanol–water partition coefficient (Wildman–Crippen LogP) is 3.16. The minimum atomic E-state index is -0.0996. The minimum absolute atomic E-state index is 0.0996. The number of ether oxygens (including phenoxy) is 2. The zero-order valence-electron chi connectivity index (χ0n) is 13.8. The van der Waals surface area contributed by atoms with E-state index in [0.29, 0.717) is 12.1 Å². The van der Waals surface area contributed by atoms with Gasteiger partial charge >= 0.3 is 0 Å². The van der Waals surface area contributed by atoms with Crippen LogP contribution in [0.2, 0.25) is 0 Å². The molecule has 0 radical (unpaired) electrons. The Balaban J connectivity index is 1.66. The number of H-pyrrole nitrogens is 1. The number of fused-ring (bicyclic) bond motifs is 1. The molecule has 1 heterocycles. The molecule has 5 nitrogen and oxygen atoms in total. The van der Waals surface area contributed by atoms with Gasteiger partial charge in [0.15, 0.2) is 0 Å². The summed E-state index contributed by atoms with van der Waals surface area (Å²) in [5.41, 5.74) is 2.65. The van der Waals surface area contributed by atoms with Gasteiger partial charge in [0.25, 0.3) is 5.91 Å². The summed E-state index contributed by atoms with van der Waals surface area (Å²) in [6.07, 6.45) is 2.47. The van der Waals surface area contributed by atoms with E-state index in [4.69, 9.17) is 9.47 Å². The van der Waals surface area contributed by atoms with Crippen LogP contribution < -0.4 is 14.8 Å². The molecule has 2 N–H and O–H groups in total. The lowest BCUT2D eigenvalue weighted by molar-refractivity contribution is 0.0956. The molecule has 3 aromatic rings. The van der Waals surface area contributed by atoms with Crippen molar-refractivity contribution in [2.75, 3.05) is 20.8 Å². The fourth-order valence-electron chi connectivity index (χ4n) is 2.66. The summed E-state index contributed by atoms with van der Waals surface area (Å²) in [5.74, 6) is 1.45. The summed E-state index contributed by atoms with van der Waals surface area (Å²) in [7, 11) is 3.26. The molecule has 2 aromatic carbocycles. The molecular formula is C19H20N2O3. The van der Waals surface area contributed by atoms with Gasteiger partial charge in [0.05, 0.1) is 19.8 Å². The predicted molar refractivity (Wildman–Crippen MR) is 93.9 cm³/mol. The summed E-state index contributed by atoms with van der Waals surface area (Å²) < 4.78 is 10.4. The maximum absolute atomic E-state index is 12.4. The van der Waals surface area contributed by atoms with Gasteiger partial charge in [0.1, 0.15) is 11.5 Å². The van der Waals surface area contributed by atoms with Gasteiger partial charge in [-0.3, -0.25) is 4.79 Å². The first kappa shape index (κ1) is 15.9. The number of nitrogens with one attached hydrogen (secondary N) is 2. The van der Waals surface area contributed by atoms with Gasteiger partial charge in [0, 0.05) is 23.6 Å². The van der Waals surface area contributed by atoms with E-state index in [1.165, 1.54) is 0 Å². The maximum Gasteiger partial charge on any atom is 0.253 e. The van der Waals surface area contributed by atoms with Crippen LogP contribution in [-0.2, 0) is 6.42 Å². The second kappa shape index (κ2) is 7.08. The van der Waals surface area contributed by atoms with Crippen molar-refractivity contribution in [2.45, 2.75) is 6.42 Å². The smallest absolute Gasteiger partial charge is 0.253 e. The molecule has 24 heavy (non-hydrogen) atoms. The lowest BCUT2D eigenvalue weighted by Gasteiger charge is -2.07. The molecule has 0 bridgehead atoms. The molecule has 1 amide bonds. The Kier molecular flexibility index (Phi) is 4.70. The van der Waals surface area contributed by atoms with Gasteiger partial charge < -0.3 is 19.8 Å². The summed E-state index contributed by atoms with van der Waals surface area (Å²) in [6, 6.07) is 13.5. The van der Waals surface area contributed by atoms with Gasteiger partial charge in [-0.25, -0.2) is 0 Å². The topological polar surface area (TPSA) is 63.3 Å². The van der Waals surface area contributed by atoms with Crippen molar-refractivity contribution >= 4 is 16.8 Å². The van der Waals surface area contributed by atoms with Crippen LogP contribution in [0.4, 0.5) is 0 Å². The molecule has 0 saturated heterocycles. The largest absolute Gasteiger partial charge is 0.497 e. The number of aromatic nitrogens is 1. The molecule has 0 fully saturated rings. The zero-order valence-corrected chi connectivity index (χ0v) is 13.8. The molecule has 0 aliphatic rings. The monoisotopic (exact) mass is 324 g/mol. The molecule has 0 aliphatic heterocycles. The van der Waals surface area contributed by atoms with Gasteiger partial charge in [-0.15, -0.1) is 0 Å². The van der Waals surface area contributed by atoms with E-state index in [2.05, 4.69) is 10.3 Å². The summed E-state index contributed by atoms with van der Waals surface area (Å²) >= 11 is 0. The molecule has 0 unspecified atom stereocenters. The highest BCUT2D eigenvalue weighted by Gasteiger charge is 2.12. The highest BCUT2D eigenvalue weighted by atomic mass is 16.5. The van der Waals surface area contributed by atoms with Crippen molar-refractivity contribution < 1.29 is 14.3 Å². The first-order valence-electron chi connectivity index (χ1n) is 7.77. The summed E-state index contributed by atoms with van der Waals surface area (Å²) in [5, 5.41) is 3.81. The Bertz CT molecular complexity index is 855. The van der Waals surface area contributed by atoms with Gasteiger partial charge in [-0.1, -0.05) is 12.1 Å². The number of benzene rings is 2. The Hall–Kier alpha value is -2.95. The van der Waals surface area contributed by atoms with Crippen LogP contribution >= 0.6 is 0 Å². The van der Waals surface area contributed by atoms with Crippen LogP contribution in [0, 0.1) is 0 Å². The van der Waals surface area contributed by atoms with E-state index >= 15 is 0 Å². The van der Waals surface area contributed by atoms with E-state index in [-0.39, 0.29) is 5.91 Å². The minimum Gasteiger partial charge on any atom is -0.497 e. The highest BCUT2D eigenvalue weighted by Crippen LogP contribution is 2.23. The Morgan fingerprint density at radius 2 is 1.88 bits per heavy atom. The van der Waals surface area contributed by atoms with Crippen molar-refractivity contribution in [3.8, 4) is 11.5 Å². The van der Waals surface area contributed by atoms with Crippen molar-refractivity contribution in [3.05, 3.63) is 59.8 Å². The van der Waals surface area contributed by atoms with Crippen LogP contribution in [0.1, 0.15) is 15.9 Å². The third-order valence-electron chi connectivity index (χ3n) is 3.97. The van der Waals surface area contributed by atoms with Crippen molar-refractivity contribution in [2.24, 2.45) is 0 Å². The second-order valence-electron chi connectivity index (χ2n) is 5.47. The normalized spacial score (nSPS) is 10.6. The third kappa shape index (κ3) is 3.35. The van der Waals surface area contributed by atoms with E-state index in [9.17, 15) is 4.79 Å². The highest BCUT2D eigenvalue weighted by molar-refractivity contribution is 6.07. The quantitative estimate of drug-likeness (QED) is 0.732. The van der Waals surface area contributed by atoms with E-state index < -0.39 is 0 Å². The number of hydrogen-bond donors (Lipinski definition) is 2. The Morgan fingerprint density at radius 3 is 2.67 bits per heavy atom. The summed E-state index contributed by atoms with van der Waals surface area (Å²) in [4.78, 5) is 15.5. The first-order chi connectivity index (χ1) is 11.7. The molecule has 5 heteroatoms. The number of amides is 1. The first-order valence-corrected chi connectivity index (χ1v) is 7.77. The van der Waals surface area contributed by atoms with E-state index in [1.54, 1.807) is 20.4 Å². The van der Waals surface area contributed by atoms with Crippen molar-refractivity contribution in [3.63, 3.8) is 0 Å². The molecule has 124 valence electrons. The molecule has 3 rings (SSSR count). The van der Waals surface area contributed by atoms with Crippen LogP contribution in [-0.4, -0.2) is 31.7 Å². The van der Waals surface area contributed by atoms with Crippen LogP contribution in [0.3, 0.4) is 0 Å². The van der Waals surface area contributed by atoms with Crippen LogP contribution in [0.25, 0.3) is 10.9 Å². The number of aromatic amines is 1. The van der Waals surface area contributed by atoms with Gasteiger partial charge in [-0.05, 0) is 42.3 Å². The number of carbonyl (C=O) groups excluding carboxylic acids is 1. The number of hydrogen-bond acceptors (Lipinski definition) is 3. The van der Waals surface area contributed by atoms with E-state index in [1.807, 2.05) is 42.5 Å². The third-order valence-corrected chi connectivity index (χ3v) is 3.97. The van der Waals surface area contributed by atoms with E-state index in [0.717, 1.165) is 34.4 Å².